The van der Waals surface area contributed by atoms with Gasteiger partial charge in [0.2, 0.25) is 0 Å². The van der Waals surface area contributed by atoms with Crippen LogP contribution < -0.4 is 5.69 Å². The fourth-order valence-electron chi connectivity index (χ4n) is 1.19. The zero-order valence-electron chi connectivity index (χ0n) is 7.93. The van der Waals surface area contributed by atoms with Gasteiger partial charge in [0.05, 0.1) is 0 Å². The maximum absolute atomic E-state index is 11.5. The first-order valence-corrected chi connectivity index (χ1v) is 4.40. The summed E-state index contributed by atoms with van der Waals surface area (Å²) in [6.07, 6.45) is 4.31. The lowest BCUT2D eigenvalue weighted by Crippen LogP contribution is -2.25. The second-order valence-corrected chi connectivity index (χ2v) is 3.13. The quantitative estimate of drug-likeness (QED) is 0.636. The smallest absolute Gasteiger partial charge is 0.303 e. The molecule has 72 valence electrons. The fraction of sp³-hybridized carbons (Fsp3) is 0.556. The first-order valence-electron chi connectivity index (χ1n) is 4.40. The minimum atomic E-state index is -0.106. The minimum Gasteiger partial charge on any atom is -0.303 e. The van der Waals surface area contributed by atoms with Crippen molar-refractivity contribution in [1.82, 2.24) is 9.13 Å². The highest BCUT2D eigenvalue weighted by atomic mass is 16.1. The van der Waals surface area contributed by atoms with E-state index in [0.29, 0.717) is 13.1 Å². The molecule has 13 heavy (non-hydrogen) atoms. The molecule has 1 aromatic heterocycles. The van der Waals surface area contributed by atoms with E-state index in [1.807, 2.05) is 6.92 Å². The van der Waals surface area contributed by atoms with E-state index in [1.54, 1.807) is 28.5 Å². The van der Waals surface area contributed by atoms with Gasteiger partial charge in [0.1, 0.15) is 6.29 Å². The number of hydrogen-bond donors (Lipinski definition) is 0. The second-order valence-electron chi connectivity index (χ2n) is 3.13. The predicted molar refractivity (Wildman–Crippen MR) is 49.6 cm³/mol. The third-order valence-corrected chi connectivity index (χ3v) is 1.98. The molecule has 0 radical (unpaired) electrons. The average molecular weight is 182 g/mol. The molecule has 0 bridgehead atoms. The van der Waals surface area contributed by atoms with Crippen molar-refractivity contribution in [1.29, 1.82) is 0 Å². The third kappa shape index (κ3) is 2.08. The van der Waals surface area contributed by atoms with Gasteiger partial charge in [0.25, 0.3) is 0 Å². The molecule has 0 aliphatic rings. The number of carbonyl (C=O) groups excluding carboxylic acids is 1. The summed E-state index contributed by atoms with van der Waals surface area (Å²) in [5, 5.41) is 0. The van der Waals surface area contributed by atoms with Crippen molar-refractivity contribution in [2.45, 2.75) is 26.9 Å². The molecule has 4 nitrogen and oxygen atoms in total. The molecule has 1 rings (SSSR count). The highest BCUT2D eigenvalue weighted by Crippen LogP contribution is 1.94. The van der Waals surface area contributed by atoms with Crippen LogP contribution in [0.3, 0.4) is 0 Å². The third-order valence-electron chi connectivity index (χ3n) is 1.98. The molecule has 1 atom stereocenters. The molecule has 0 N–H and O–H groups in total. The Labute approximate surface area is 76.8 Å². The van der Waals surface area contributed by atoms with Crippen molar-refractivity contribution in [2.24, 2.45) is 5.92 Å². The van der Waals surface area contributed by atoms with Crippen molar-refractivity contribution >= 4 is 6.29 Å². The number of rotatable bonds is 4. The van der Waals surface area contributed by atoms with Gasteiger partial charge in [0, 0.05) is 31.4 Å². The Morgan fingerprint density at radius 2 is 2.08 bits per heavy atom. The Balaban J connectivity index is 2.84. The van der Waals surface area contributed by atoms with Gasteiger partial charge < -0.3 is 4.79 Å². The summed E-state index contributed by atoms with van der Waals surface area (Å²) in [6, 6.07) is 0. The molecule has 1 unspecified atom stereocenters. The van der Waals surface area contributed by atoms with E-state index in [9.17, 15) is 9.59 Å². The zero-order valence-corrected chi connectivity index (χ0v) is 7.93. The van der Waals surface area contributed by atoms with Gasteiger partial charge in [-0.2, -0.15) is 0 Å². The summed E-state index contributed by atoms with van der Waals surface area (Å²) in [5.41, 5.74) is -0.0452. The van der Waals surface area contributed by atoms with Gasteiger partial charge in [0.15, 0.2) is 0 Å². The molecule has 0 fully saturated rings. The molecule has 0 spiro atoms. The minimum absolute atomic E-state index is 0.0452. The lowest BCUT2D eigenvalue weighted by molar-refractivity contribution is -0.111. The van der Waals surface area contributed by atoms with Crippen LogP contribution >= 0.6 is 0 Å². The van der Waals surface area contributed by atoms with Gasteiger partial charge >= 0.3 is 5.69 Å². The molecule has 0 aromatic carbocycles. The molecule has 4 heteroatoms. The van der Waals surface area contributed by atoms with E-state index in [1.165, 1.54) is 0 Å². The summed E-state index contributed by atoms with van der Waals surface area (Å²) >= 11 is 0. The van der Waals surface area contributed by atoms with Crippen molar-refractivity contribution in [3.05, 3.63) is 22.9 Å². The molecule has 1 aromatic rings. The molecule has 0 aliphatic carbocycles. The average Bonchev–Trinajstić information content (AvgIpc) is 2.48. The lowest BCUT2D eigenvalue weighted by Gasteiger charge is -2.02. The van der Waals surface area contributed by atoms with E-state index in [0.717, 1.165) is 6.29 Å². The van der Waals surface area contributed by atoms with Gasteiger partial charge in [-0.3, -0.25) is 9.13 Å². The number of aryl methyl sites for hydroxylation is 1. The largest absolute Gasteiger partial charge is 0.328 e. The maximum atomic E-state index is 11.5. The van der Waals surface area contributed by atoms with Crippen molar-refractivity contribution in [2.75, 3.05) is 0 Å². The lowest BCUT2D eigenvalue weighted by atomic mass is 10.2. The summed E-state index contributed by atoms with van der Waals surface area (Å²) in [6.45, 7) is 4.84. The first kappa shape index (κ1) is 9.77. The van der Waals surface area contributed by atoms with E-state index < -0.39 is 0 Å². The van der Waals surface area contributed by atoms with E-state index in [2.05, 4.69) is 0 Å². The summed E-state index contributed by atoms with van der Waals surface area (Å²) in [5.74, 6) is -0.106. The SMILES string of the molecule is CCn1ccn(CC(C)C=O)c1=O. The number of aromatic nitrogens is 2. The predicted octanol–water partition coefficient (Wildman–Crippen LogP) is 0.505. The monoisotopic (exact) mass is 182 g/mol. The Bertz CT molecular complexity index is 338. The van der Waals surface area contributed by atoms with Crippen LogP contribution in [0.1, 0.15) is 13.8 Å². The second kappa shape index (κ2) is 4.07. The number of carbonyl (C=O) groups is 1. The molecule has 0 aliphatic heterocycles. The van der Waals surface area contributed by atoms with Crippen LogP contribution in [0.25, 0.3) is 0 Å². The highest BCUT2D eigenvalue weighted by Gasteiger charge is 2.05. The number of nitrogens with zero attached hydrogens (tertiary/aromatic N) is 2. The van der Waals surface area contributed by atoms with E-state index in [-0.39, 0.29) is 11.6 Å². The molecular formula is C9H14N2O2. The molecule has 0 saturated carbocycles. The molecule has 0 saturated heterocycles. The van der Waals surface area contributed by atoms with Gasteiger partial charge in [-0.25, -0.2) is 4.79 Å². The normalized spacial score (nSPS) is 12.8. The van der Waals surface area contributed by atoms with Gasteiger partial charge in [-0.1, -0.05) is 6.92 Å². The topological polar surface area (TPSA) is 44.0 Å². The van der Waals surface area contributed by atoms with E-state index >= 15 is 0 Å². The van der Waals surface area contributed by atoms with Crippen LogP contribution in [0.2, 0.25) is 0 Å². The number of hydrogen-bond acceptors (Lipinski definition) is 2. The molecular weight excluding hydrogens is 168 g/mol. The maximum Gasteiger partial charge on any atom is 0.328 e. The highest BCUT2D eigenvalue weighted by molar-refractivity contribution is 5.52. The Morgan fingerprint density at radius 1 is 1.46 bits per heavy atom. The first-order chi connectivity index (χ1) is 6.19. The Hall–Kier alpha value is -1.32. The van der Waals surface area contributed by atoms with E-state index in [4.69, 9.17) is 0 Å². The van der Waals surface area contributed by atoms with Crippen molar-refractivity contribution in [3.63, 3.8) is 0 Å². The number of aldehydes is 1. The van der Waals surface area contributed by atoms with Crippen LogP contribution in [0.5, 0.6) is 0 Å². The van der Waals surface area contributed by atoms with Crippen LogP contribution in [-0.2, 0) is 17.9 Å². The fourth-order valence-corrected chi connectivity index (χ4v) is 1.19. The standard InChI is InChI=1S/C9H14N2O2/c1-3-10-4-5-11(9(10)13)6-8(2)7-12/h4-5,7-8H,3,6H2,1-2H3. The van der Waals surface area contributed by atoms with Crippen LogP contribution in [-0.4, -0.2) is 15.4 Å². The van der Waals surface area contributed by atoms with Gasteiger partial charge in [-0.05, 0) is 6.92 Å². The number of imidazole rings is 1. The summed E-state index contributed by atoms with van der Waals surface area (Å²) in [4.78, 5) is 21.8. The Kier molecular flexibility index (Phi) is 3.06. The van der Waals surface area contributed by atoms with Crippen molar-refractivity contribution in [3.8, 4) is 0 Å². The molecule has 1 heterocycles. The summed E-state index contributed by atoms with van der Waals surface area (Å²) in [7, 11) is 0. The van der Waals surface area contributed by atoms with Gasteiger partial charge in [-0.15, -0.1) is 0 Å². The van der Waals surface area contributed by atoms with Crippen LogP contribution in [0, 0.1) is 5.92 Å². The van der Waals surface area contributed by atoms with Crippen LogP contribution in [0.15, 0.2) is 17.2 Å². The zero-order chi connectivity index (χ0) is 9.84. The van der Waals surface area contributed by atoms with Crippen molar-refractivity contribution < 1.29 is 4.79 Å². The Morgan fingerprint density at radius 3 is 2.54 bits per heavy atom. The summed E-state index contributed by atoms with van der Waals surface area (Å²) < 4.78 is 3.17. The van der Waals surface area contributed by atoms with Crippen LogP contribution in [0.4, 0.5) is 0 Å². The molecule has 0 amide bonds.